The van der Waals surface area contributed by atoms with Gasteiger partial charge in [-0.2, -0.15) is 0 Å². The van der Waals surface area contributed by atoms with Crippen LogP contribution in [0, 0.1) is 30.4 Å². The first-order valence-corrected chi connectivity index (χ1v) is 26.2. The quantitative estimate of drug-likeness (QED) is 0.0346. The number of ketones is 3. The van der Waals surface area contributed by atoms with E-state index in [0.29, 0.717) is 16.7 Å². The van der Waals surface area contributed by atoms with Gasteiger partial charge in [0, 0.05) is 81.1 Å². The highest BCUT2D eigenvalue weighted by atomic mass is 32.2. The number of rotatable bonds is 32. The molecule has 3 aromatic carbocycles. The predicted molar refractivity (Wildman–Crippen MR) is 281 cm³/mol. The second-order valence-electron chi connectivity index (χ2n) is 19.1. The maximum Gasteiger partial charge on any atom is 0.331 e. The number of carbonyl (C=O) groups excluding carboxylic acids is 6. The summed E-state index contributed by atoms with van der Waals surface area (Å²) in [7, 11) is 0. The second kappa shape index (κ2) is 28.7. The molecular weight excluding hydrogens is 1040 g/mol. The van der Waals surface area contributed by atoms with Gasteiger partial charge in [-0.15, -0.1) is 11.8 Å². The molecule has 3 amide bonds. The molecule has 21 nitrogen and oxygen atoms in total. The molecule has 78 heavy (non-hydrogen) atoms. The van der Waals surface area contributed by atoms with Gasteiger partial charge in [-0.25, -0.2) is 18.4 Å². The molecule has 0 spiro atoms. The zero-order valence-corrected chi connectivity index (χ0v) is 43.6. The number of Topliss-reactive ketones (excluding diaryl/α,β-unsaturated/α-hetero) is 3. The second-order valence-corrected chi connectivity index (χ2v) is 20.3. The highest BCUT2D eigenvalue weighted by Crippen LogP contribution is 2.29. The minimum absolute atomic E-state index is 0.0308. The number of amides is 3. The average molecular weight is 1100 g/mol. The molecule has 4 aromatic rings. The largest absolute Gasteiger partial charge is 0.481 e. The van der Waals surface area contributed by atoms with Gasteiger partial charge >= 0.3 is 23.6 Å². The Morgan fingerprint density at radius 2 is 1.41 bits per heavy atom. The minimum Gasteiger partial charge on any atom is -0.481 e. The van der Waals surface area contributed by atoms with E-state index in [1.165, 1.54) is 13.0 Å². The Morgan fingerprint density at radius 1 is 0.756 bits per heavy atom. The normalized spacial score (nSPS) is 15.3. The van der Waals surface area contributed by atoms with Gasteiger partial charge in [-0.05, 0) is 61.4 Å². The highest BCUT2D eigenvalue weighted by Gasteiger charge is 2.39. The van der Waals surface area contributed by atoms with E-state index in [1.54, 1.807) is 54.6 Å². The van der Waals surface area contributed by atoms with Crippen molar-refractivity contribution in [3.8, 4) is 11.1 Å². The number of aromatic nitrogens is 2. The number of nitrogens with zero attached hydrogens (tertiary/aromatic N) is 3. The Bertz CT molecular complexity index is 3000. The van der Waals surface area contributed by atoms with Crippen molar-refractivity contribution in [2.75, 3.05) is 18.8 Å². The molecule has 5 unspecified atom stereocenters. The summed E-state index contributed by atoms with van der Waals surface area (Å²) in [5.74, 6) is -12.2. The van der Waals surface area contributed by atoms with Gasteiger partial charge in [0.2, 0.25) is 17.7 Å². The molecule has 0 radical (unpaired) electrons. The van der Waals surface area contributed by atoms with Crippen molar-refractivity contribution in [1.29, 1.82) is 0 Å². The van der Waals surface area contributed by atoms with E-state index in [2.05, 4.69) is 5.32 Å². The Kier molecular flexibility index (Phi) is 22.6. The summed E-state index contributed by atoms with van der Waals surface area (Å²) in [6.45, 7) is 0.730. The van der Waals surface area contributed by atoms with Crippen molar-refractivity contribution >= 4 is 64.7 Å². The maximum atomic E-state index is 14.9. The lowest BCUT2D eigenvalue weighted by Gasteiger charge is -2.20. The molecule has 1 aromatic heterocycles. The van der Waals surface area contributed by atoms with Crippen molar-refractivity contribution < 1.29 is 67.3 Å². The van der Waals surface area contributed by atoms with Crippen LogP contribution in [0.4, 0.5) is 8.78 Å². The molecule has 0 saturated carbocycles. The van der Waals surface area contributed by atoms with Crippen LogP contribution in [0.2, 0.25) is 0 Å². The first-order valence-electron chi connectivity index (χ1n) is 25.1. The Labute approximate surface area is 450 Å². The van der Waals surface area contributed by atoms with E-state index in [0.717, 1.165) is 37.9 Å². The smallest absolute Gasteiger partial charge is 0.331 e. The number of carboxylic acids is 3. The molecule has 0 bridgehead atoms. The number of thioether (sulfide) groups is 1. The third kappa shape index (κ3) is 16.7. The number of nitrogens with one attached hydrogen (secondary N) is 1. The molecule has 10 N–H and O–H groups in total. The Morgan fingerprint density at radius 3 is 2.05 bits per heavy atom. The van der Waals surface area contributed by atoms with Gasteiger partial charge in [0.1, 0.15) is 35.0 Å². The third-order valence-electron chi connectivity index (χ3n) is 13.5. The Balaban J connectivity index is 1.13. The van der Waals surface area contributed by atoms with E-state index in [9.17, 15) is 76.8 Å². The number of likely N-dealkylation sites (tertiary alicyclic amines) is 1. The lowest BCUT2D eigenvalue weighted by atomic mass is 9.93. The van der Waals surface area contributed by atoms with Gasteiger partial charge in [-0.3, -0.25) is 57.2 Å². The summed E-state index contributed by atoms with van der Waals surface area (Å²) in [5, 5.41) is 30.9. The van der Waals surface area contributed by atoms with E-state index in [1.807, 2.05) is 0 Å². The summed E-state index contributed by atoms with van der Waals surface area (Å²) in [4.78, 5) is 142. The average Bonchev–Trinajstić information content (AvgIpc) is 3.75. The molecule has 2 heterocycles. The number of imide groups is 1. The number of nitrogens with two attached hydrogens (primary N) is 3. The number of aryl methyl sites for hydroxylation is 1. The van der Waals surface area contributed by atoms with Gasteiger partial charge in [0.15, 0.2) is 0 Å². The van der Waals surface area contributed by atoms with Crippen LogP contribution in [-0.4, -0.2) is 119 Å². The lowest BCUT2D eigenvalue weighted by molar-refractivity contribution is -0.145. The zero-order valence-electron chi connectivity index (χ0n) is 42.8. The highest BCUT2D eigenvalue weighted by molar-refractivity contribution is 8.00. The number of hydrogen-bond acceptors (Lipinski definition) is 15. The van der Waals surface area contributed by atoms with Crippen LogP contribution in [0.15, 0.2) is 82.4 Å². The van der Waals surface area contributed by atoms with Crippen molar-refractivity contribution in [1.82, 2.24) is 19.4 Å². The fraction of sp³-hybridized carbons (Fsp3) is 0.426. The lowest BCUT2D eigenvalue weighted by Crippen LogP contribution is -2.44. The molecule has 24 heteroatoms. The van der Waals surface area contributed by atoms with Gasteiger partial charge in [0.25, 0.3) is 5.56 Å². The van der Waals surface area contributed by atoms with Gasteiger partial charge in [-0.1, -0.05) is 60.7 Å². The monoisotopic (exact) mass is 1100 g/mol. The van der Waals surface area contributed by atoms with Crippen LogP contribution in [-0.2, 0) is 62.7 Å². The molecule has 1 saturated heterocycles. The molecule has 5 rings (SSSR count). The number of carboxylic acid groups (broad SMARTS) is 3. The SMILES string of the molecule is Cc1c(-c2cccc(CCC(=O)CC(CCC(=O)NC(CCC(=O)CCC(N)C(=O)CC(CSC3CC(=O)N(CCN)C3=O)C(=O)O)C(=O)O)C(=O)O)c2)c(=O)n(C[C@H](N)c2ccccc2)c(=O)n1Cc1c(F)cccc1F. The van der Waals surface area contributed by atoms with E-state index in [4.69, 9.17) is 17.2 Å². The van der Waals surface area contributed by atoms with Crippen molar-refractivity contribution in [3.05, 3.63) is 128 Å². The molecule has 418 valence electrons. The van der Waals surface area contributed by atoms with Crippen LogP contribution in [0.25, 0.3) is 11.1 Å². The van der Waals surface area contributed by atoms with Crippen LogP contribution >= 0.6 is 11.8 Å². The molecule has 1 aliphatic rings. The predicted octanol–water partition coefficient (Wildman–Crippen LogP) is 2.89. The topological polar surface area (TPSA) is 352 Å². The molecule has 0 aliphatic carbocycles. The summed E-state index contributed by atoms with van der Waals surface area (Å²) in [5.41, 5.74) is 17.5. The molecule has 6 atom stereocenters. The Hall–Kier alpha value is -7.54. The van der Waals surface area contributed by atoms with Gasteiger partial charge in [0.05, 0.1) is 41.8 Å². The van der Waals surface area contributed by atoms with Crippen LogP contribution in [0.1, 0.15) is 92.6 Å². The third-order valence-corrected chi connectivity index (χ3v) is 14.8. The number of aliphatic carboxylic acids is 3. The van der Waals surface area contributed by atoms with Gasteiger partial charge < -0.3 is 37.8 Å². The standard InChI is InChI=1S/C54H63F2N7O14S/c1-30-48(50(70)63(28-42(59)32-8-3-2-4-9-32)54(77)62(30)27-38-39(55)11-6-12-40(38)56)33-10-5-7-31(23-33)13-15-37(65)24-34(51(71)72)14-20-46(67)60-43(53(75)76)19-17-36(64)16-18-41(58)44(66)25-35(52(73)74)29-78-45-26-47(68)61(22-21-57)49(45)69/h2-12,23,34-35,41-43,45H,13-22,24-29,57-59H2,1H3,(H,60,67)(H,71,72)(H,73,74)(H,75,76)/t34?,35?,41?,42-,43?,45?/m0/s1. The number of hydrogen-bond donors (Lipinski definition) is 7. The minimum atomic E-state index is -1.56. The summed E-state index contributed by atoms with van der Waals surface area (Å²) < 4.78 is 31.9. The molecular formula is C54H63F2N7O14S. The molecule has 1 aliphatic heterocycles. The van der Waals surface area contributed by atoms with Crippen LogP contribution in [0.3, 0.4) is 0 Å². The van der Waals surface area contributed by atoms with Crippen molar-refractivity contribution in [2.45, 2.75) is 114 Å². The number of halogens is 2. The first-order chi connectivity index (χ1) is 37.0. The number of carbonyl (C=O) groups is 9. The first kappa shape index (κ1) is 61.3. The van der Waals surface area contributed by atoms with Crippen LogP contribution < -0.4 is 33.8 Å². The summed E-state index contributed by atoms with van der Waals surface area (Å²) in [6.07, 6.45) is -3.26. The van der Waals surface area contributed by atoms with E-state index < -0.39 is 142 Å². The van der Waals surface area contributed by atoms with Crippen LogP contribution in [0.5, 0.6) is 0 Å². The summed E-state index contributed by atoms with van der Waals surface area (Å²) in [6, 6.07) is 14.8. The molecule has 1 fully saturated rings. The van der Waals surface area contributed by atoms with Crippen molar-refractivity contribution in [2.24, 2.45) is 29.0 Å². The fourth-order valence-corrected chi connectivity index (χ4v) is 10.2. The fourth-order valence-electron chi connectivity index (χ4n) is 8.91. The van der Waals surface area contributed by atoms with Crippen molar-refractivity contribution in [3.63, 3.8) is 0 Å². The maximum absolute atomic E-state index is 14.9. The zero-order chi connectivity index (χ0) is 57.4. The van der Waals surface area contributed by atoms with E-state index >= 15 is 0 Å². The van der Waals surface area contributed by atoms with E-state index in [-0.39, 0.29) is 88.0 Å². The summed E-state index contributed by atoms with van der Waals surface area (Å²) >= 11 is 0.933. The number of benzene rings is 3.